The average Bonchev–Trinajstić information content (AvgIpc) is 3.72. The maximum absolute atomic E-state index is 13.9. The monoisotopic (exact) mass is 566 g/mol. The molecule has 2 fully saturated rings. The fraction of sp³-hybridized carbons (Fsp3) is 0.536. The Morgan fingerprint density at radius 3 is 2.51 bits per heavy atom. The van der Waals surface area contributed by atoms with Crippen LogP contribution in [0.3, 0.4) is 0 Å². The highest BCUT2D eigenvalue weighted by Crippen LogP contribution is 2.37. The van der Waals surface area contributed by atoms with E-state index in [4.69, 9.17) is 16.3 Å². The lowest BCUT2D eigenvalue weighted by molar-refractivity contribution is -0.171. The summed E-state index contributed by atoms with van der Waals surface area (Å²) >= 11 is 6.30. The van der Waals surface area contributed by atoms with Crippen molar-refractivity contribution in [2.24, 2.45) is 5.92 Å². The highest BCUT2D eigenvalue weighted by molar-refractivity contribution is 6.32. The van der Waals surface area contributed by atoms with Crippen molar-refractivity contribution in [3.8, 4) is 5.75 Å². The van der Waals surface area contributed by atoms with Crippen molar-refractivity contribution in [1.82, 2.24) is 15.2 Å². The molecule has 0 bridgehead atoms. The number of carbonyl (C=O) groups excluding carboxylic acids is 2. The highest BCUT2D eigenvalue weighted by atomic mass is 35.5. The van der Waals surface area contributed by atoms with Crippen molar-refractivity contribution in [3.05, 3.63) is 52.7 Å². The van der Waals surface area contributed by atoms with Gasteiger partial charge in [-0.15, -0.1) is 0 Å². The Morgan fingerprint density at radius 1 is 1.18 bits per heavy atom. The first-order chi connectivity index (χ1) is 18.6. The molecule has 1 aliphatic heterocycles. The molecule has 1 saturated heterocycles. The lowest BCUT2D eigenvalue weighted by Crippen LogP contribution is -2.39. The number of halogens is 4. The van der Waals surface area contributed by atoms with Crippen molar-refractivity contribution in [1.29, 1.82) is 0 Å². The van der Waals surface area contributed by atoms with Crippen molar-refractivity contribution < 1.29 is 27.5 Å². The number of alkyl halides is 3. The molecular weight excluding hydrogens is 533 g/mol. The molecule has 1 N–H and O–H groups in total. The van der Waals surface area contributed by atoms with Crippen molar-refractivity contribution in [2.45, 2.75) is 56.7 Å². The number of aromatic nitrogens is 1. The number of amides is 2. The largest absolute Gasteiger partial charge is 0.497 e. The third-order valence-corrected chi connectivity index (χ3v) is 7.70. The number of likely N-dealkylation sites (N-methyl/N-ethyl adjacent to an activating group) is 1. The Balaban J connectivity index is 1.25. The van der Waals surface area contributed by atoms with Crippen LogP contribution in [-0.2, 0) is 4.79 Å². The molecule has 0 radical (unpaired) electrons. The quantitative estimate of drug-likeness (QED) is 0.388. The SMILES string of the molecule is COc1cccc(C(C(=O)N(C)CCCC2CCN(c3ccc(C(=O)NC4CC4)c(Cl)n3)CC2)C(F)(F)F)c1. The fourth-order valence-corrected chi connectivity index (χ4v) is 5.19. The number of nitrogens with zero attached hydrogens (tertiary/aromatic N) is 3. The van der Waals surface area contributed by atoms with Gasteiger partial charge in [0.05, 0.1) is 12.7 Å². The Kier molecular flexibility index (Phi) is 9.25. The van der Waals surface area contributed by atoms with E-state index in [9.17, 15) is 22.8 Å². The molecule has 1 atom stereocenters. The molecule has 2 amide bonds. The molecule has 2 aliphatic rings. The van der Waals surface area contributed by atoms with E-state index in [2.05, 4.69) is 15.2 Å². The maximum Gasteiger partial charge on any atom is 0.404 e. The third kappa shape index (κ3) is 7.56. The van der Waals surface area contributed by atoms with Crippen LogP contribution >= 0.6 is 11.6 Å². The number of ether oxygens (including phenoxy) is 1. The van der Waals surface area contributed by atoms with E-state index in [-0.39, 0.29) is 35.0 Å². The second-order valence-electron chi connectivity index (χ2n) is 10.3. The van der Waals surface area contributed by atoms with Gasteiger partial charge in [-0.25, -0.2) is 4.98 Å². The van der Waals surface area contributed by atoms with Crippen LogP contribution < -0.4 is 15.0 Å². The molecule has 1 aromatic carbocycles. The standard InChI is InChI=1S/C28H34ClF3N4O3/c1-35(27(38)24(28(30,31)32)19-6-3-7-21(17-19)39-2)14-4-5-18-12-15-36(16-13-18)23-11-10-22(25(29)34-23)26(37)33-20-8-9-20/h3,6-7,10-11,17-18,20,24H,4-5,8-9,12-16H2,1-2H3,(H,33,37). The number of benzene rings is 1. The van der Waals surface area contributed by atoms with E-state index in [1.54, 1.807) is 12.1 Å². The number of rotatable bonds is 10. The van der Waals surface area contributed by atoms with Crippen molar-refractivity contribution >= 4 is 29.2 Å². The predicted octanol–water partition coefficient (Wildman–Crippen LogP) is 5.44. The summed E-state index contributed by atoms with van der Waals surface area (Å²) in [5.74, 6) is -2.00. The van der Waals surface area contributed by atoms with E-state index in [1.807, 2.05) is 6.07 Å². The molecule has 0 spiro atoms. The predicted molar refractivity (Wildman–Crippen MR) is 143 cm³/mol. The number of hydrogen-bond donors (Lipinski definition) is 1. The zero-order valence-electron chi connectivity index (χ0n) is 22.1. The van der Waals surface area contributed by atoms with Crippen LogP contribution in [0.2, 0.25) is 5.15 Å². The summed E-state index contributed by atoms with van der Waals surface area (Å²) in [5.41, 5.74) is 0.247. The topological polar surface area (TPSA) is 74.8 Å². The van der Waals surface area contributed by atoms with E-state index in [0.717, 1.165) is 51.0 Å². The summed E-state index contributed by atoms with van der Waals surface area (Å²) in [6.07, 6.45) is 0.508. The second kappa shape index (κ2) is 12.4. The zero-order chi connectivity index (χ0) is 28.2. The van der Waals surface area contributed by atoms with Gasteiger partial charge in [0.2, 0.25) is 5.91 Å². The number of methoxy groups -OCH3 is 1. The first-order valence-corrected chi connectivity index (χ1v) is 13.6. The Hall–Kier alpha value is -3.01. The van der Waals surface area contributed by atoms with Crippen LogP contribution in [0.15, 0.2) is 36.4 Å². The number of nitrogens with one attached hydrogen (secondary N) is 1. The van der Waals surface area contributed by atoms with Crippen LogP contribution in [0.25, 0.3) is 0 Å². The molecule has 2 heterocycles. The fourth-order valence-electron chi connectivity index (χ4n) is 4.95. The first-order valence-electron chi connectivity index (χ1n) is 13.2. The van der Waals surface area contributed by atoms with E-state index in [0.29, 0.717) is 17.9 Å². The molecule has 1 aromatic heterocycles. The van der Waals surface area contributed by atoms with Gasteiger partial charge in [0, 0.05) is 32.7 Å². The molecule has 4 rings (SSSR count). The summed E-state index contributed by atoms with van der Waals surface area (Å²) in [6, 6.07) is 9.33. The third-order valence-electron chi connectivity index (χ3n) is 7.41. The van der Waals surface area contributed by atoms with Crippen molar-refractivity contribution in [3.63, 3.8) is 0 Å². The Morgan fingerprint density at radius 2 is 1.90 bits per heavy atom. The van der Waals surface area contributed by atoms with E-state index in [1.165, 1.54) is 37.3 Å². The van der Waals surface area contributed by atoms with Gasteiger partial charge in [0.15, 0.2) is 5.92 Å². The molecule has 11 heteroatoms. The van der Waals surface area contributed by atoms with Crippen LogP contribution in [0.4, 0.5) is 19.0 Å². The van der Waals surface area contributed by atoms with Gasteiger partial charge in [0.25, 0.3) is 5.91 Å². The molecule has 1 aliphatic carbocycles. The van der Waals surface area contributed by atoms with Crippen LogP contribution in [0.5, 0.6) is 5.75 Å². The molecular formula is C28H34ClF3N4O3. The van der Waals surface area contributed by atoms with Gasteiger partial charge >= 0.3 is 6.18 Å². The maximum atomic E-state index is 13.9. The van der Waals surface area contributed by atoms with Crippen LogP contribution in [0.1, 0.15) is 60.4 Å². The minimum atomic E-state index is -4.71. The number of pyridine rings is 1. The molecule has 1 unspecified atom stereocenters. The Bertz CT molecular complexity index is 1170. The van der Waals surface area contributed by atoms with Crippen LogP contribution in [0, 0.1) is 5.92 Å². The molecule has 2 aromatic rings. The average molecular weight is 567 g/mol. The van der Waals surface area contributed by atoms with Crippen molar-refractivity contribution in [2.75, 3.05) is 38.7 Å². The number of hydrogen-bond acceptors (Lipinski definition) is 5. The zero-order valence-corrected chi connectivity index (χ0v) is 22.9. The number of piperidine rings is 1. The van der Waals surface area contributed by atoms with Gasteiger partial charge in [-0.1, -0.05) is 23.7 Å². The normalized spacial score (nSPS) is 17.0. The van der Waals surface area contributed by atoms with E-state index < -0.39 is 18.0 Å². The molecule has 212 valence electrons. The van der Waals surface area contributed by atoms with Gasteiger partial charge in [-0.05, 0) is 74.3 Å². The molecule has 39 heavy (non-hydrogen) atoms. The molecule has 7 nitrogen and oxygen atoms in total. The van der Waals surface area contributed by atoms with Gasteiger partial charge < -0.3 is 19.9 Å². The lowest BCUT2D eigenvalue weighted by atomic mass is 9.92. The first kappa shape index (κ1) is 29.0. The lowest BCUT2D eigenvalue weighted by Gasteiger charge is -2.33. The number of anilines is 1. The summed E-state index contributed by atoms with van der Waals surface area (Å²) in [5, 5.41) is 3.10. The van der Waals surface area contributed by atoms with Gasteiger partial charge in [0.1, 0.15) is 16.7 Å². The van der Waals surface area contributed by atoms with E-state index >= 15 is 0 Å². The number of carbonyl (C=O) groups is 2. The smallest absolute Gasteiger partial charge is 0.404 e. The minimum absolute atomic E-state index is 0.128. The summed E-state index contributed by atoms with van der Waals surface area (Å²) in [7, 11) is 2.80. The minimum Gasteiger partial charge on any atom is -0.497 e. The Labute approximate surface area is 231 Å². The second-order valence-corrected chi connectivity index (χ2v) is 10.7. The summed E-state index contributed by atoms with van der Waals surface area (Å²) in [6.45, 7) is 1.78. The summed E-state index contributed by atoms with van der Waals surface area (Å²) in [4.78, 5) is 32.9. The summed E-state index contributed by atoms with van der Waals surface area (Å²) < 4.78 is 46.6. The molecule has 1 saturated carbocycles. The van der Waals surface area contributed by atoms with Gasteiger partial charge in [-0.2, -0.15) is 13.2 Å². The highest BCUT2D eigenvalue weighted by Gasteiger charge is 2.47. The van der Waals surface area contributed by atoms with Gasteiger partial charge in [-0.3, -0.25) is 9.59 Å². The van der Waals surface area contributed by atoms with Crippen LogP contribution in [-0.4, -0.2) is 67.7 Å².